The average molecular weight is 330 g/mol. The Bertz CT molecular complexity index is 740. The zero-order chi connectivity index (χ0) is 17.5. The number of carbonyl (C=O) groups excluding carboxylic acids is 1. The molecule has 0 saturated carbocycles. The Kier molecular flexibility index (Phi) is 6.14. The molecule has 0 aliphatic heterocycles. The molecule has 1 atom stereocenters. The Morgan fingerprint density at radius 2 is 1.96 bits per heavy atom. The Labute approximate surface area is 140 Å². The summed E-state index contributed by atoms with van der Waals surface area (Å²) in [5.41, 5.74) is 1.60. The summed E-state index contributed by atoms with van der Waals surface area (Å²) >= 11 is 0. The maximum Gasteiger partial charge on any atom is 0.351 e. The van der Waals surface area contributed by atoms with Gasteiger partial charge in [0.15, 0.2) is 5.56 Å². The largest absolute Gasteiger partial charge is 0.422 e. The molecule has 0 radical (unpaired) electrons. The lowest BCUT2D eigenvalue weighted by molar-refractivity contribution is 0.0930. The van der Waals surface area contributed by atoms with Gasteiger partial charge in [-0.15, -0.1) is 0 Å². The molecule has 1 amide bonds. The third-order valence-electron chi connectivity index (χ3n) is 3.82. The predicted octanol–water partition coefficient (Wildman–Crippen LogP) is 3.42. The van der Waals surface area contributed by atoms with Gasteiger partial charge in [0.1, 0.15) is 5.76 Å². The molecule has 0 aliphatic carbocycles. The minimum Gasteiger partial charge on any atom is -0.422 e. The van der Waals surface area contributed by atoms with Gasteiger partial charge in [-0.2, -0.15) is 0 Å². The molecule has 1 aromatic heterocycles. The first-order chi connectivity index (χ1) is 11.6. The normalized spacial score (nSPS) is 11.8. The Balaban J connectivity index is 2.37. The predicted molar refractivity (Wildman–Crippen MR) is 92.3 cm³/mol. The van der Waals surface area contributed by atoms with Gasteiger partial charge < -0.3 is 9.73 Å². The first-order valence-electron chi connectivity index (χ1n) is 8.05. The van der Waals surface area contributed by atoms with Crippen LogP contribution in [0.3, 0.4) is 0 Å². The van der Waals surface area contributed by atoms with Crippen molar-refractivity contribution >= 4 is 11.6 Å². The van der Waals surface area contributed by atoms with Crippen molar-refractivity contribution in [1.82, 2.24) is 5.32 Å². The lowest BCUT2D eigenvalue weighted by Crippen LogP contribution is -2.37. The zero-order valence-corrected chi connectivity index (χ0v) is 13.8. The molecule has 1 aromatic carbocycles. The van der Waals surface area contributed by atoms with Gasteiger partial charge in [-0.25, -0.2) is 4.79 Å². The summed E-state index contributed by atoms with van der Waals surface area (Å²) in [7, 11) is 0. The van der Waals surface area contributed by atoms with E-state index in [0.717, 1.165) is 19.3 Å². The summed E-state index contributed by atoms with van der Waals surface area (Å²) in [6.07, 6.45) is 2.50. The molecule has 2 aromatic rings. The second-order valence-corrected chi connectivity index (χ2v) is 5.53. The van der Waals surface area contributed by atoms with Gasteiger partial charge >= 0.3 is 5.63 Å². The van der Waals surface area contributed by atoms with Crippen LogP contribution in [0.2, 0.25) is 0 Å². The van der Waals surface area contributed by atoms with Gasteiger partial charge in [0, 0.05) is 17.7 Å². The molecule has 0 saturated heterocycles. The molecule has 6 nitrogen and oxygen atoms in total. The molecule has 24 heavy (non-hydrogen) atoms. The van der Waals surface area contributed by atoms with Crippen LogP contribution in [0.15, 0.2) is 45.6 Å². The number of hydrogen-bond acceptors (Lipinski definition) is 5. The summed E-state index contributed by atoms with van der Waals surface area (Å²) < 4.78 is 5.27. The lowest BCUT2D eigenvalue weighted by atomic mass is 10.1. The van der Waals surface area contributed by atoms with Crippen LogP contribution in [0.1, 0.15) is 43.5 Å². The quantitative estimate of drug-likeness (QED) is 0.677. The second kappa shape index (κ2) is 8.31. The van der Waals surface area contributed by atoms with Crippen molar-refractivity contribution in [2.45, 2.75) is 39.2 Å². The van der Waals surface area contributed by atoms with Gasteiger partial charge in [0.25, 0.3) is 5.91 Å². The van der Waals surface area contributed by atoms with E-state index >= 15 is 0 Å². The van der Waals surface area contributed by atoms with Crippen LogP contribution in [-0.2, 0) is 0 Å². The summed E-state index contributed by atoms with van der Waals surface area (Å²) in [5, 5.41) is 12.2. The smallest absolute Gasteiger partial charge is 0.351 e. The van der Waals surface area contributed by atoms with E-state index in [4.69, 9.17) is 4.42 Å². The van der Waals surface area contributed by atoms with Crippen LogP contribution in [0, 0.1) is 0 Å². The number of carbonyl (C=O) groups is 1. The fourth-order valence-corrected chi connectivity index (χ4v) is 2.53. The van der Waals surface area contributed by atoms with Crippen molar-refractivity contribution in [2.75, 3.05) is 5.48 Å². The molecule has 0 bridgehead atoms. The van der Waals surface area contributed by atoms with Gasteiger partial charge in [0.05, 0.1) is 5.69 Å². The summed E-state index contributed by atoms with van der Waals surface area (Å²) in [6, 6.07) is 10.4. The average Bonchev–Trinajstić information content (AvgIpc) is 2.61. The van der Waals surface area contributed by atoms with E-state index in [9.17, 15) is 14.8 Å². The van der Waals surface area contributed by atoms with Crippen molar-refractivity contribution in [3.63, 3.8) is 0 Å². The van der Waals surface area contributed by atoms with Crippen molar-refractivity contribution in [3.8, 4) is 11.3 Å². The maximum absolute atomic E-state index is 12.4. The molecule has 0 spiro atoms. The third-order valence-corrected chi connectivity index (χ3v) is 3.82. The van der Waals surface area contributed by atoms with E-state index in [0.29, 0.717) is 5.56 Å². The van der Waals surface area contributed by atoms with Gasteiger partial charge in [0.2, 0.25) is 0 Å². The molecule has 6 heteroatoms. The molecular formula is C18H22N2O4. The summed E-state index contributed by atoms with van der Waals surface area (Å²) in [4.78, 5) is 24.7. The van der Waals surface area contributed by atoms with E-state index < -0.39 is 11.5 Å². The van der Waals surface area contributed by atoms with Crippen LogP contribution >= 0.6 is 0 Å². The van der Waals surface area contributed by atoms with Crippen LogP contribution in [0.5, 0.6) is 0 Å². The number of hydrogen-bond donors (Lipinski definition) is 3. The molecule has 3 N–H and O–H groups in total. The van der Waals surface area contributed by atoms with E-state index in [1.165, 1.54) is 6.07 Å². The van der Waals surface area contributed by atoms with Crippen LogP contribution in [-0.4, -0.2) is 17.2 Å². The highest BCUT2D eigenvalue weighted by Gasteiger charge is 2.21. The first-order valence-corrected chi connectivity index (χ1v) is 8.05. The van der Waals surface area contributed by atoms with Crippen molar-refractivity contribution in [3.05, 3.63) is 52.4 Å². The molecule has 1 heterocycles. The van der Waals surface area contributed by atoms with E-state index in [1.54, 1.807) is 24.3 Å². The van der Waals surface area contributed by atoms with Crippen molar-refractivity contribution in [2.24, 2.45) is 0 Å². The fourth-order valence-electron chi connectivity index (χ4n) is 2.53. The standard InChI is InChI=1S/C18H22N2O4/c1-3-8-13(4-2)19-17(21)16-14(20-23)11-15(24-18(16)22)12-9-6-5-7-10-12/h5-7,9-11,13,20,23H,3-4,8H2,1-2H3,(H,19,21). The monoisotopic (exact) mass is 330 g/mol. The van der Waals surface area contributed by atoms with Gasteiger partial charge in [-0.05, 0) is 12.8 Å². The van der Waals surface area contributed by atoms with Crippen LogP contribution < -0.4 is 16.4 Å². The van der Waals surface area contributed by atoms with E-state index in [1.807, 2.05) is 25.4 Å². The highest BCUT2D eigenvalue weighted by atomic mass is 16.5. The topological polar surface area (TPSA) is 91.6 Å². The molecule has 1 unspecified atom stereocenters. The number of nitrogens with one attached hydrogen (secondary N) is 2. The molecule has 128 valence electrons. The Morgan fingerprint density at radius 1 is 1.25 bits per heavy atom. The van der Waals surface area contributed by atoms with Crippen molar-refractivity contribution in [1.29, 1.82) is 0 Å². The zero-order valence-electron chi connectivity index (χ0n) is 13.8. The highest BCUT2D eigenvalue weighted by Crippen LogP contribution is 2.23. The molecular weight excluding hydrogens is 308 g/mol. The number of amides is 1. The van der Waals surface area contributed by atoms with Crippen molar-refractivity contribution < 1.29 is 14.4 Å². The van der Waals surface area contributed by atoms with Crippen LogP contribution in [0.25, 0.3) is 11.3 Å². The lowest BCUT2D eigenvalue weighted by Gasteiger charge is -2.16. The van der Waals surface area contributed by atoms with E-state index in [-0.39, 0.29) is 23.1 Å². The maximum atomic E-state index is 12.4. The van der Waals surface area contributed by atoms with Gasteiger partial charge in [-0.1, -0.05) is 50.6 Å². The van der Waals surface area contributed by atoms with Crippen LogP contribution in [0.4, 0.5) is 5.69 Å². The summed E-state index contributed by atoms with van der Waals surface area (Å²) in [6.45, 7) is 3.99. The minimum absolute atomic E-state index is 0.0222. The first kappa shape index (κ1) is 17.7. The Morgan fingerprint density at radius 3 is 2.54 bits per heavy atom. The SMILES string of the molecule is CCCC(CC)NC(=O)c1c(NO)cc(-c2ccccc2)oc1=O. The second-order valence-electron chi connectivity index (χ2n) is 5.53. The molecule has 2 rings (SSSR count). The number of benzene rings is 1. The fraction of sp³-hybridized carbons (Fsp3) is 0.333. The number of anilines is 1. The highest BCUT2D eigenvalue weighted by molar-refractivity contribution is 5.99. The summed E-state index contributed by atoms with van der Waals surface area (Å²) in [5.74, 6) is -0.283. The molecule has 0 aliphatic rings. The van der Waals surface area contributed by atoms with E-state index in [2.05, 4.69) is 5.32 Å². The Hall–Kier alpha value is -2.60. The minimum atomic E-state index is -0.795. The molecule has 0 fully saturated rings. The third kappa shape index (κ3) is 4.02. The number of rotatable bonds is 7. The van der Waals surface area contributed by atoms with Gasteiger partial charge in [-0.3, -0.25) is 15.5 Å².